The predicted octanol–water partition coefficient (Wildman–Crippen LogP) is 2.83. The predicted molar refractivity (Wildman–Crippen MR) is 40.5 cm³/mol. The van der Waals surface area contributed by atoms with Crippen molar-refractivity contribution in [1.82, 2.24) is 0 Å². The largest absolute Gasteiger partial charge is 0.345 e. The molecule has 0 saturated carbocycles. The summed E-state index contributed by atoms with van der Waals surface area (Å²) >= 11 is 0. The van der Waals surface area contributed by atoms with Crippen LogP contribution in [0.15, 0.2) is 12.7 Å². The van der Waals surface area contributed by atoms with Crippen molar-refractivity contribution >= 4 is 0 Å². The van der Waals surface area contributed by atoms with Gasteiger partial charge in [0.15, 0.2) is 0 Å². The van der Waals surface area contributed by atoms with E-state index in [1.165, 1.54) is 0 Å². The summed E-state index contributed by atoms with van der Waals surface area (Å²) in [5.74, 6) is 0. The fourth-order valence-electron chi connectivity index (χ4n) is 0.496. The molecule has 0 radical (unpaired) electrons. The number of rotatable bonds is 4. The zero-order valence-electron chi connectivity index (χ0n) is 7.10. The van der Waals surface area contributed by atoms with Crippen LogP contribution in [0.2, 0.25) is 0 Å². The Morgan fingerprint density at radius 2 is 1.91 bits per heavy atom. The second-order valence-corrected chi connectivity index (χ2v) is 3.06. The molecular formula is C8H14F2O. The molecule has 0 rings (SSSR count). The lowest BCUT2D eigenvalue weighted by molar-refractivity contribution is -0.177. The van der Waals surface area contributed by atoms with E-state index < -0.39 is 18.1 Å². The van der Waals surface area contributed by atoms with Gasteiger partial charge in [-0.1, -0.05) is 19.9 Å². The van der Waals surface area contributed by atoms with Crippen molar-refractivity contribution in [3.05, 3.63) is 12.7 Å². The Morgan fingerprint density at radius 3 is 2.18 bits per heavy atom. The van der Waals surface area contributed by atoms with Gasteiger partial charge in [0, 0.05) is 5.41 Å². The summed E-state index contributed by atoms with van der Waals surface area (Å²) in [5.41, 5.74) is -0.406. The molecule has 0 aromatic heterocycles. The molecule has 1 atom stereocenters. The molecule has 66 valence electrons. The van der Waals surface area contributed by atoms with E-state index in [0.29, 0.717) is 0 Å². The fourth-order valence-corrected chi connectivity index (χ4v) is 0.496. The molecule has 0 aromatic carbocycles. The summed E-state index contributed by atoms with van der Waals surface area (Å²) in [7, 11) is 0. The average Bonchev–Trinajstić information content (AvgIpc) is 1.86. The number of hydrogen-bond acceptors (Lipinski definition) is 1. The van der Waals surface area contributed by atoms with Gasteiger partial charge in [0.25, 0.3) is 0 Å². The second kappa shape index (κ2) is 3.81. The molecule has 0 N–H and O–H groups in total. The van der Waals surface area contributed by atoms with E-state index in [1.807, 2.05) is 0 Å². The van der Waals surface area contributed by atoms with E-state index in [9.17, 15) is 8.78 Å². The van der Waals surface area contributed by atoms with Crippen molar-refractivity contribution in [2.45, 2.75) is 33.5 Å². The van der Waals surface area contributed by atoms with Crippen LogP contribution in [0, 0.1) is 5.41 Å². The van der Waals surface area contributed by atoms with E-state index in [0.717, 1.165) is 0 Å². The Morgan fingerprint density at radius 1 is 1.45 bits per heavy atom. The highest BCUT2D eigenvalue weighted by Gasteiger charge is 2.25. The third-order valence-corrected chi connectivity index (χ3v) is 1.88. The van der Waals surface area contributed by atoms with Gasteiger partial charge in [0.05, 0.1) is 6.10 Å². The Kier molecular flexibility index (Phi) is 3.66. The van der Waals surface area contributed by atoms with Gasteiger partial charge in [-0.25, -0.2) is 0 Å². The highest BCUT2D eigenvalue weighted by molar-refractivity contribution is 4.92. The first-order valence-corrected chi connectivity index (χ1v) is 3.47. The number of ether oxygens (including phenoxy) is 1. The maximum absolute atomic E-state index is 11.7. The van der Waals surface area contributed by atoms with Crippen LogP contribution in [-0.4, -0.2) is 12.7 Å². The Bertz CT molecular complexity index is 132. The van der Waals surface area contributed by atoms with E-state index in [4.69, 9.17) is 0 Å². The normalized spacial score (nSPS) is 15.1. The van der Waals surface area contributed by atoms with Crippen molar-refractivity contribution in [1.29, 1.82) is 0 Å². The minimum atomic E-state index is -2.70. The van der Waals surface area contributed by atoms with Crippen molar-refractivity contribution in [3.63, 3.8) is 0 Å². The van der Waals surface area contributed by atoms with E-state index in [1.54, 1.807) is 26.8 Å². The molecule has 0 aliphatic heterocycles. The Labute approximate surface area is 66.0 Å². The first-order chi connectivity index (χ1) is 4.90. The van der Waals surface area contributed by atoms with Gasteiger partial charge in [-0.05, 0) is 6.92 Å². The molecule has 0 aromatic rings. The Balaban J connectivity index is 4.01. The molecule has 0 aliphatic rings. The first kappa shape index (κ1) is 10.6. The van der Waals surface area contributed by atoms with Crippen LogP contribution in [0.25, 0.3) is 0 Å². The molecule has 0 saturated heterocycles. The molecule has 0 spiro atoms. The van der Waals surface area contributed by atoms with Gasteiger partial charge in [0.1, 0.15) is 0 Å². The third kappa shape index (κ3) is 3.46. The summed E-state index contributed by atoms with van der Waals surface area (Å²) in [6.45, 7) is 6.03. The summed E-state index contributed by atoms with van der Waals surface area (Å²) in [6, 6.07) is 0. The molecule has 0 fully saturated rings. The minimum absolute atomic E-state index is 0.406. The van der Waals surface area contributed by atoms with Crippen LogP contribution in [0.1, 0.15) is 20.8 Å². The molecule has 0 bridgehead atoms. The number of alkyl halides is 2. The van der Waals surface area contributed by atoms with Gasteiger partial charge in [-0.15, -0.1) is 6.58 Å². The molecule has 11 heavy (non-hydrogen) atoms. The van der Waals surface area contributed by atoms with Crippen LogP contribution in [0.3, 0.4) is 0 Å². The third-order valence-electron chi connectivity index (χ3n) is 1.88. The fraction of sp³-hybridized carbons (Fsp3) is 0.750. The highest BCUT2D eigenvalue weighted by atomic mass is 19.3. The lowest BCUT2D eigenvalue weighted by Gasteiger charge is -2.27. The smallest absolute Gasteiger partial charge is 0.319 e. The summed E-state index contributed by atoms with van der Waals surface area (Å²) in [5, 5.41) is 0. The monoisotopic (exact) mass is 164 g/mol. The van der Waals surface area contributed by atoms with Crippen molar-refractivity contribution < 1.29 is 13.5 Å². The van der Waals surface area contributed by atoms with Crippen LogP contribution in [0.4, 0.5) is 8.78 Å². The van der Waals surface area contributed by atoms with Gasteiger partial charge >= 0.3 is 6.61 Å². The van der Waals surface area contributed by atoms with Crippen LogP contribution in [-0.2, 0) is 4.74 Å². The van der Waals surface area contributed by atoms with Crippen molar-refractivity contribution in [2.24, 2.45) is 5.41 Å². The van der Waals surface area contributed by atoms with Gasteiger partial charge in [-0.3, -0.25) is 0 Å². The summed E-state index contributed by atoms with van der Waals surface area (Å²) in [6.07, 6.45) is 1.10. The lowest BCUT2D eigenvalue weighted by atomic mass is 9.88. The summed E-state index contributed by atoms with van der Waals surface area (Å²) < 4.78 is 27.7. The van der Waals surface area contributed by atoms with E-state index in [2.05, 4.69) is 11.3 Å². The topological polar surface area (TPSA) is 9.23 Å². The first-order valence-electron chi connectivity index (χ1n) is 3.47. The average molecular weight is 164 g/mol. The Hall–Kier alpha value is -0.440. The quantitative estimate of drug-likeness (QED) is 0.580. The second-order valence-electron chi connectivity index (χ2n) is 3.06. The van der Waals surface area contributed by atoms with Gasteiger partial charge in [-0.2, -0.15) is 8.78 Å². The van der Waals surface area contributed by atoms with Crippen molar-refractivity contribution in [3.8, 4) is 0 Å². The van der Waals surface area contributed by atoms with Gasteiger partial charge < -0.3 is 4.74 Å². The van der Waals surface area contributed by atoms with E-state index in [-0.39, 0.29) is 0 Å². The van der Waals surface area contributed by atoms with Gasteiger partial charge in [0.2, 0.25) is 0 Å². The molecule has 1 nitrogen and oxygen atoms in total. The SMILES string of the molecule is C=CC(C)(C)C(C)OC(F)F. The van der Waals surface area contributed by atoms with Crippen LogP contribution >= 0.6 is 0 Å². The molecule has 0 heterocycles. The van der Waals surface area contributed by atoms with E-state index >= 15 is 0 Å². The van der Waals surface area contributed by atoms with Crippen molar-refractivity contribution in [2.75, 3.05) is 0 Å². The number of hydrogen-bond donors (Lipinski definition) is 0. The molecule has 0 amide bonds. The highest BCUT2D eigenvalue weighted by Crippen LogP contribution is 2.25. The standard InChI is InChI=1S/C8H14F2O/c1-5-8(3,4)6(2)11-7(9)10/h5-7H,1H2,2-4H3. The molecule has 0 aliphatic carbocycles. The minimum Gasteiger partial charge on any atom is -0.319 e. The lowest BCUT2D eigenvalue weighted by Crippen LogP contribution is -2.28. The van der Waals surface area contributed by atoms with Crippen LogP contribution < -0.4 is 0 Å². The number of halogens is 2. The zero-order chi connectivity index (χ0) is 9.07. The zero-order valence-corrected chi connectivity index (χ0v) is 7.10. The molecule has 1 unspecified atom stereocenters. The maximum atomic E-state index is 11.7. The molecule has 3 heteroatoms. The summed E-state index contributed by atoms with van der Waals surface area (Å²) in [4.78, 5) is 0. The molecular weight excluding hydrogens is 150 g/mol. The van der Waals surface area contributed by atoms with Crippen LogP contribution in [0.5, 0.6) is 0 Å². The maximum Gasteiger partial charge on any atom is 0.345 e.